The molecule has 16 heavy (non-hydrogen) atoms. The number of benzene rings is 1. The Morgan fingerprint density at radius 1 is 1.25 bits per heavy atom. The predicted octanol–water partition coefficient (Wildman–Crippen LogP) is 2.39. The summed E-state index contributed by atoms with van der Waals surface area (Å²) in [4.78, 5) is 1.31. The summed E-state index contributed by atoms with van der Waals surface area (Å²) in [5.74, 6) is 1.06. The topological polar surface area (TPSA) is 32.3 Å². The van der Waals surface area contributed by atoms with Gasteiger partial charge in [0, 0.05) is 35.8 Å². The molecule has 0 spiro atoms. The predicted molar refractivity (Wildman–Crippen MR) is 70.9 cm³/mol. The molecule has 1 aromatic rings. The molecule has 0 aliphatic rings. The maximum Gasteiger partial charge on any atom is 0.0494 e. The van der Waals surface area contributed by atoms with Gasteiger partial charge in [-0.1, -0.05) is 32.0 Å². The highest BCUT2D eigenvalue weighted by molar-refractivity contribution is 7.99. The molecule has 0 fully saturated rings. The Kier molecular flexibility index (Phi) is 5.88. The number of rotatable bonds is 7. The maximum atomic E-state index is 9.08. The Hall–Kier alpha value is -0.510. The van der Waals surface area contributed by atoms with Crippen molar-refractivity contribution in [3.8, 4) is 0 Å². The lowest BCUT2D eigenvalue weighted by atomic mass is 9.95. The van der Waals surface area contributed by atoms with Crippen LogP contribution >= 0.6 is 11.8 Å². The lowest BCUT2D eigenvalue weighted by molar-refractivity contribution is 0.158. The van der Waals surface area contributed by atoms with Crippen LogP contribution in [-0.4, -0.2) is 30.6 Å². The van der Waals surface area contributed by atoms with E-state index < -0.39 is 0 Å². The van der Waals surface area contributed by atoms with Crippen LogP contribution in [0.1, 0.15) is 13.8 Å². The van der Waals surface area contributed by atoms with Gasteiger partial charge in [0.15, 0.2) is 0 Å². The fourth-order valence-electron chi connectivity index (χ4n) is 1.24. The van der Waals surface area contributed by atoms with Gasteiger partial charge in [-0.15, -0.1) is 11.8 Å². The zero-order valence-electron chi connectivity index (χ0n) is 10.1. The fourth-order valence-corrected chi connectivity index (χ4v) is 2.07. The van der Waals surface area contributed by atoms with Gasteiger partial charge >= 0.3 is 0 Å². The normalized spacial score (nSPS) is 11.7. The first-order chi connectivity index (χ1) is 7.64. The number of thioether (sulfide) groups is 1. The molecule has 0 atom stereocenters. The van der Waals surface area contributed by atoms with Crippen molar-refractivity contribution in [1.29, 1.82) is 0 Å². The molecule has 0 amide bonds. The Morgan fingerprint density at radius 2 is 1.94 bits per heavy atom. The molecule has 2 nitrogen and oxygen atoms in total. The highest BCUT2D eigenvalue weighted by Crippen LogP contribution is 2.16. The van der Waals surface area contributed by atoms with Gasteiger partial charge in [0.05, 0.1) is 0 Å². The number of nitrogens with one attached hydrogen (secondary N) is 1. The summed E-state index contributed by atoms with van der Waals surface area (Å²) in [5, 5.41) is 12.4. The van der Waals surface area contributed by atoms with Gasteiger partial charge < -0.3 is 10.4 Å². The molecule has 0 aromatic heterocycles. The third kappa shape index (κ3) is 5.54. The minimum Gasteiger partial charge on any atom is -0.396 e. The van der Waals surface area contributed by atoms with E-state index in [2.05, 4.69) is 43.4 Å². The molecule has 0 radical (unpaired) electrons. The van der Waals surface area contributed by atoms with Crippen molar-refractivity contribution in [2.45, 2.75) is 18.7 Å². The molecule has 2 N–H and O–H groups in total. The first kappa shape index (κ1) is 13.6. The summed E-state index contributed by atoms with van der Waals surface area (Å²) >= 11 is 1.85. The van der Waals surface area contributed by atoms with Gasteiger partial charge in [-0.2, -0.15) is 0 Å². The van der Waals surface area contributed by atoms with E-state index in [0.29, 0.717) is 0 Å². The van der Waals surface area contributed by atoms with Crippen LogP contribution in [0.3, 0.4) is 0 Å². The maximum absolute atomic E-state index is 9.08. The van der Waals surface area contributed by atoms with Crippen LogP contribution in [0.25, 0.3) is 0 Å². The highest BCUT2D eigenvalue weighted by Gasteiger charge is 2.14. The zero-order valence-corrected chi connectivity index (χ0v) is 10.9. The van der Waals surface area contributed by atoms with E-state index in [4.69, 9.17) is 5.11 Å². The average Bonchev–Trinajstić information content (AvgIpc) is 2.30. The molecular formula is C13H21NOS. The van der Waals surface area contributed by atoms with Crippen molar-refractivity contribution < 1.29 is 5.11 Å². The van der Waals surface area contributed by atoms with Gasteiger partial charge in [0.25, 0.3) is 0 Å². The van der Waals surface area contributed by atoms with E-state index in [0.717, 1.165) is 18.8 Å². The lowest BCUT2D eigenvalue weighted by Gasteiger charge is -2.21. The average molecular weight is 239 g/mol. The molecule has 0 heterocycles. The SMILES string of the molecule is CC(C)(CO)CNCCSc1ccccc1. The van der Waals surface area contributed by atoms with Crippen molar-refractivity contribution in [1.82, 2.24) is 5.32 Å². The number of aliphatic hydroxyl groups is 1. The number of hydrogen-bond acceptors (Lipinski definition) is 3. The van der Waals surface area contributed by atoms with E-state index in [1.54, 1.807) is 0 Å². The largest absolute Gasteiger partial charge is 0.396 e. The van der Waals surface area contributed by atoms with Crippen LogP contribution in [-0.2, 0) is 0 Å². The second-order valence-electron chi connectivity index (χ2n) is 4.66. The van der Waals surface area contributed by atoms with E-state index in [-0.39, 0.29) is 12.0 Å². The monoisotopic (exact) mass is 239 g/mol. The zero-order chi connectivity index (χ0) is 11.9. The fraction of sp³-hybridized carbons (Fsp3) is 0.538. The minimum atomic E-state index is -0.0165. The first-order valence-electron chi connectivity index (χ1n) is 5.63. The summed E-state index contributed by atoms with van der Waals surface area (Å²) in [6.07, 6.45) is 0. The summed E-state index contributed by atoms with van der Waals surface area (Å²) in [5.41, 5.74) is -0.0165. The van der Waals surface area contributed by atoms with Crippen molar-refractivity contribution in [2.75, 3.05) is 25.4 Å². The summed E-state index contributed by atoms with van der Waals surface area (Å²) in [6, 6.07) is 10.4. The molecule has 0 saturated carbocycles. The summed E-state index contributed by atoms with van der Waals surface area (Å²) < 4.78 is 0. The molecule has 0 aliphatic carbocycles. The Morgan fingerprint density at radius 3 is 2.56 bits per heavy atom. The lowest BCUT2D eigenvalue weighted by Crippen LogP contribution is -2.33. The van der Waals surface area contributed by atoms with Gasteiger partial charge in [0.1, 0.15) is 0 Å². The molecule has 0 bridgehead atoms. The van der Waals surface area contributed by atoms with Crippen molar-refractivity contribution >= 4 is 11.8 Å². The van der Waals surface area contributed by atoms with E-state index in [1.165, 1.54) is 4.90 Å². The van der Waals surface area contributed by atoms with Crippen molar-refractivity contribution in [3.05, 3.63) is 30.3 Å². The standard InChI is InChI=1S/C13H21NOS/c1-13(2,11-15)10-14-8-9-16-12-6-4-3-5-7-12/h3-7,14-15H,8-11H2,1-2H3. The van der Waals surface area contributed by atoms with Crippen LogP contribution < -0.4 is 5.32 Å². The van der Waals surface area contributed by atoms with Crippen LogP contribution in [0, 0.1) is 5.41 Å². The number of aliphatic hydroxyl groups excluding tert-OH is 1. The van der Waals surface area contributed by atoms with Crippen molar-refractivity contribution in [2.24, 2.45) is 5.41 Å². The number of hydrogen-bond donors (Lipinski definition) is 2. The van der Waals surface area contributed by atoms with Crippen LogP contribution in [0.2, 0.25) is 0 Å². The molecule has 90 valence electrons. The quantitative estimate of drug-likeness (QED) is 0.566. The highest BCUT2D eigenvalue weighted by atomic mass is 32.2. The smallest absolute Gasteiger partial charge is 0.0494 e. The summed E-state index contributed by atoms with van der Waals surface area (Å²) in [7, 11) is 0. The van der Waals surface area contributed by atoms with E-state index >= 15 is 0 Å². The van der Waals surface area contributed by atoms with E-state index in [9.17, 15) is 0 Å². The molecule has 1 aromatic carbocycles. The van der Waals surface area contributed by atoms with Crippen molar-refractivity contribution in [3.63, 3.8) is 0 Å². The second kappa shape index (κ2) is 6.94. The Labute approximate surface area is 102 Å². The van der Waals surface area contributed by atoms with Gasteiger partial charge in [-0.3, -0.25) is 0 Å². The van der Waals surface area contributed by atoms with E-state index in [1.807, 2.05) is 17.8 Å². The van der Waals surface area contributed by atoms with Crippen LogP contribution in [0.4, 0.5) is 0 Å². The third-order valence-corrected chi connectivity index (χ3v) is 3.34. The molecule has 0 aliphatic heterocycles. The van der Waals surface area contributed by atoms with Crippen LogP contribution in [0.15, 0.2) is 35.2 Å². The molecule has 0 saturated heterocycles. The first-order valence-corrected chi connectivity index (χ1v) is 6.62. The van der Waals surface area contributed by atoms with Crippen LogP contribution in [0.5, 0.6) is 0 Å². The summed E-state index contributed by atoms with van der Waals surface area (Å²) in [6.45, 7) is 6.18. The Balaban J connectivity index is 2.09. The van der Waals surface area contributed by atoms with Gasteiger partial charge in [0.2, 0.25) is 0 Å². The molecule has 3 heteroatoms. The Bertz CT molecular complexity index is 287. The third-order valence-electron chi connectivity index (χ3n) is 2.32. The van der Waals surface area contributed by atoms with Gasteiger partial charge in [-0.05, 0) is 12.1 Å². The second-order valence-corrected chi connectivity index (χ2v) is 5.83. The molecule has 0 unspecified atom stereocenters. The minimum absolute atomic E-state index is 0.0165. The molecule has 1 rings (SSSR count). The molecular weight excluding hydrogens is 218 g/mol. The van der Waals surface area contributed by atoms with Gasteiger partial charge in [-0.25, -0.2) is 0 Å².